The van der Waals surface area contributed by atoms with Gasteiger partial charge in [0, 0.05) is 5.69 Å². The molecule has 0 heterocycles. The molecule has 0 saturated carbocycles. The van der Waals surface area contributed by atoms with Crippen molar-refractivity contribution in [3.63, 3.8) is 0 Å². The summed E-state index contributed by atoms with van der Waals surface area (Å²) in [5.74, 6) is 0.173. The summed E-state index contributed by atoms with van der Waals surface area (Å²) in [5, 5.41) is 17.1. The molecule has 0 aliphatic heterocycles. The Kier molecular flexibility index (Phi) is 4.22. The maximum Gasteiger partial charge on any atom is 0.259 e. The van der Waals surface area contributed by atoms with Crippen LogP contribution in [0.1, 0.15) is 0 Å². The van der Waals surface area contributed by atoms with E-state index in [1.54, 1.807) is 36.4 Å². The van der Waals surface area contributed by atoms with Gasteiger partial charge in [-0.1, -0.05) is 0 Å². The number of aromatic hydroxyl groups is 1. The Morgan fingerprint density at radius 1 is 0.895 bits per heavy atom. The molecular formula is C12H11N3O3S. The number of anilines is 1. The molecule has 1 atom stereocenters. The number of phenolic OH excluding ortho intramolecular Hbond substituents is 1. The predicted molar refractivity (Wildman–Crippen MR) is 73.1 cm³/mol. The molecule has 7 heteroatoms. The molecule has 0 fully saturated rings. The van der Waals surface area contributed by atoms with E-state index in [2.05, 4.69) is 15.0 Å². The van der Waals surface area contributed by atoms with E-state index in [0.717, 1.165) is 0 Å². The average Bonchev–Trinajstić information content (AvgIpc) is 2.39. The summed E-state index contributed by atoms with van der Waals surface area (Å²) >= 11 is -2.09. The second kappa shape index (κ2) is 6.07. The summed E-state index contributed by atoms with van der Waals surface area (Å²) in [7, 11) is 0. The van der Waals surface area contributed by atoms with Crippen molar-refractivity contribution < 1.29 is 13.9 Å². The molecule has 0 bridgehead atoms. The SMILES string of the molecule is O=S(O)Nc1ccc(N=Nc2ccc(O)cc2)cc1. The fraction of sp³-hybridized carbons (Fsp3) is 0. The second-order valence-electron chi connectivity index (χ2n) is 3.61. The summed E-state index contributed by atoms with van der Waals surface area (Å²) in [5.41, 5.74) is 1.75. The van der Waals surface area contributed by atoms with Crippen LogP contribution in [0.3, 0.4) is 0 Å². The van der Waals surface area contributed by atoms with E-state index in [9.17, 15) is 4.21 Å². The van der Waals surface area contributed by atoms with Gasteiger partial charge in [-0.05, 0) is 48.5 Å². The average molecular weight is 277 g/mol. The van der Waals surface area contributed by atoms with Crippen LogP contribution < -0.4 is 4.72 Å². The van der Waals surface area contributed by atoms with E-state index in [1.807, 2.05) is 0 Å². The minimum absolute atomic E-state index is 0.173. The molecule has 2 aromatic rings. The first-order valence-electron chi connectivity index (χ1n) is 5.32. The van der Waals surface area contributed by atoms with Crippen LogP contribution in [0.15, 0.2) is 58.8 Å². The first-order valence-corrected chi connectivity index (χ1v) is 6.42. The van der Waals surface area contributed by atoms with Gasteiger partial charge in [0.05, 0.1) is 11.4 Å². The van der Waals surface area contributed by atoms with Gasteiger partial charge < -0.3 is 5.11 Å². The van der Waals surface area contributed by atoms with E-state index in [4.69, 9.17) is 9.66 Å². The van der Waals surface area contributed by atoms with Crippen LogP contribution in [0.2, 0.25) is 0 Å². The number of nitrogens with one attached hydrogen (secondary N) is 1. The van der Waals surface area contributed by atoms with E-state index in [-0.39, 0.29) is 5.75 Å². The summed E-state index contributed by atoms with van der Waals surface area (Å²) in [6, 6.07) is 12.9. The Bertz CT molecular complexity index is 597. The number of benzene rings is 2. The molecular weight excluding hydrogens is 266 g/mol. The monoisotopic (exact) mass is 277 g/mol. The van der Waals surface area contributed by atoms with Crippen LogP contribution in [-0.4, -0.2) is 13.9 Å². The normalized spacial score (nSPS) is 12.5. The number of azo groups is 1. The lowest BCUT2D eigenvalue weighted by molar-refractivity contribution is 0.475. The highest BCUT2D eigenvalue weighted by molar-refractivity contribution is 7.80. The molecule has 0 saturated heterocycles. The van der Waals surface area contributed by atoms with Gasteiger partial charge in [0.25, 0.3) is 11.3 Å². The molecule has 2 rings (SSSR count). The molecule has 3 N–H and O–H groups in total. The van der Waals surface area contributed by atoms with Crippen LogP contribution in [-0.2, 0) is 11.3 Å². The minimum atomic E-state index is -2.09. The highest BCUT2D eigenvalue weighted by Gasteiger charge is 1.96. The van der Waals surface area contributed by atoms with Gasteiger partial charge in [-0.25, -0.2) is 4.21 Å². The number of hydrogen-bond acceptors (Lipinski definition) is 4. The van der Waals surface area contributed by atoms with Crippen molar-refractivity contribution in [3.05, 3.63) is 48.5 Å². The lowest BCUT2D eigenvalue weighted by Gasteiger charge is -2.00. The Morgan fingerprint density at radius 2 is 1.37 bits per heavy atom. The molecule has 98 valence electrons. The van der Waals surface area contributed by atoms with E-state index >= 15 is 0 Å². The molecule has 2 aromatic carbocycles. The summed E-state index contributed by atoms with van der Waals surface area (Å²) in [4.78, 5) is 0. The van der Waals surface area contributed by atoms with Crippen LogP contribution in [0.25, 0.3) is 0 Å². The Labute approximate surface area is 112 Å². The third-order valence-electron chi connectivity index (χ3n) is 2.20. The first-order chi connectivity index (χ1) is 9.13. The summed E-state index contributed by atoms with van der Waals surface area (Å²) < 4.78 is 21.5. The van der Waals surface area contributed by atoms with E-state index in [0.29, 0.717) is 17.1 Å². The van der Waals surface area contributed by atoms with Crippen molar-refractivity contribution in [1.29, 1.82) is 0 Å². The largest absolute Gasteiger partial charge is 0.508 e. The fourth-order valence-electron chi connectivity index (χ4n) is 1.33. The van der Waals surface area contributed by atoms with Crippen molar-refractivity contribution >= 4 is 28.3 Å². The minimum Gasteiger partial charge on any atom is -0.508 e. The molecule has 6 nitrogen and oxygen atoms in total. The summed E-state index contributed by atoms with van der Waals surface area (Å²) in [6.45, 7) is 0. The highest BCUT2D eigenvalue weighted by atomic mass is 32.2. The van der Waals surface area contributed by atoms with Crippen LogP contribution in [0.5, 0.6) is 5.75 Å². The zero-order valence-electron chi connectivity index (χ0n) is 9.72. The first kappa shape index (κ1) is 13.2. The van der Waals surface area contributed by atoms with Gasteiger partial charge in [-0.15, -0.1) is 0 Å². The van der Waals surface area contributed by atoms with Crippen LogP contribution in [0.4, 0.5) is 17.1 Å². The fourth-order valence-corrected chi connectivity index (χ4v) is 1.67. The van der Waals surface area contributed by atoms with Gasteiger partial charge in [-0.2, -0.15) is 10.2 Å². The Balaban J connectivity index is 2.06. The predicted octanol–water partition coefficient (Wildman–Crippen LogP) is 3.36. The maximum absolute atomic E-state index is 10.5. The molecule has 0 aliphatic carbocycles. The molecule has 19 heavy (non-hydrogen) atoms. The number of nitrogens with zero attached hydrogens (tertiary/aromatic N) is 2. The van der Waals surface area contributed by atoms with Gasteiger partial charge in [0.15, 0.2) is 0 Å². The zero-order valence-corrected chi connectivity index (χ0v) is 10.5. The molecule has 0 aliphatic rings. The smallest absolute Gasteiger partial charge is 0.259 e. The van der Waals surface area contributed by atoms with Crippen molar-refractivity contribution in [1.82, 2.24) is 0 Å². The van der Waals surface area contributed by atoms with Gasteiger partial charge in [0.1, 0.15) is 5.75 Å². The maximum atomic E-state index is 10.5. The third kappa shape index (κ3) is 4.16. The van der Waals surface area contributed by atoms with Gasteiger partial charge in [-0.3, -0.25) is 9.27 Å². The zero-order chi connectivity index (χ0) is 13.7. The van der Waals surface area contributed by atoms with Crippen molar-refractivity contribution in [2.75, 3.05) is 4.72 Å². The number of phenols is 1. The van der Waals surface area contributed by atoms with Gasteiger partial charge >= 0.3 is 0 Å². The van der Waals surface area contributed by atoms with Crippen LogP contribution in [0, 0.1) is 0 Å². The van der Waals surface area contributed by atoms with Gasteiger partial charge in [0.2, 0.25) is 0 Å². The quantitative estimate of drug-likeness (QED) is 0.590. The molecule has 0 radical (unpaired) electrons. The molecule has 0 amide bonds. The third-order valence-corrected chi connectivity index (χ3v) is 2.61. The second-order valence-corrected chi connectivity index (χ2v) is 4.32. The lowest BCUT2D eigenvalue weighted by atomic mass is 10.3. The van der Waals surface area contributed by atoms with E-state index in [1.165, 1.54) is 12.1 Å². The Hall–Kier alpha value is -2.25. The van der Waals surface area contributed by atoms with Crippen LogP contribution >= 0.6 is 0 Å². The molecule has 0 aromatic heterocycles. The highest BCUT2D eigenvalue weighted by Crippen LogP contribution is 2.21. The molecule has 1 unspecified atom stereocenters. The lowest BCUT2D eigenvalue weighted by Crippen LogP contribution is -2.00. The van der Waals surface area contributed by atoms with E-state index < -0.39 is 11.3 Å². The summed E-state index contributed by atoms with van der Waals surface area (Å²) in [6.07, 6.45) is 0. The standard InChI is InChI=1S/C12H11N3O3S/c16-12-7-5-10(6-8-12)14-13-9-1-3-11(4-2-9)15-19(17)18/h1-8,15-16H,(H,17,18). The number of rotatable bonds is 4. The Morgan fingerprint density at radius 3 is 1.84 bits per heavy atom. The van der Waals surface area contributed by atoms with Crippen molar-refractivity contribution in [2.45, 2.75) is 0 Å². The van der Waals surface area contributed by atoms with Crippen molar-refractivity contribution in [3.8, 4) is 5.75 Å². The topological polar surface area (TPSA) is 94.3 Å². The molecule has 0 spiro atoms. The number of hydrogen-bond donors (Lipinski definition) is 3. The van der Waals surface area contributed by atoms with Crippen molar-refractivity contribution in [2.24, 2.45) is 10.2 Å².